The van der Waals surface area contributed by atoms with Gasteiger partial charge in [0.2, 0.25) is 8.32 Å². The van der Waals surface area contributed by atoms with Gasteiger partial charge in [0.1, 0.15) is 0 Å². The van der Waals surface area contributed by atoms with Crippen LogP contribution < -0.4 is 0 Å². The van der Waals surface area contributed by atoms with E-state index >= 15 is 0 Å². The smallest absolute Gasteiger partial charge is 0.308 e. The molecule has 3 aliphatic rings. The highest BCUT2D eigenvalue weighted by molar-refractivity contribution is 6.77. The van der Waals surface area contributed by atoms with E-state index in [-0.39, 0.29) is 60.2 Å². The molecule has 0 aromatic heterocycles. The third-order valence-electron chi connectivity index (χ3n) is 10.3. The zero-order valence-electron chi connectivity index (χ0n) is 26.5. The molecule has 3 rings (SSSR count). The Morgan fingerprint density at radius 1 is 1.03 bits per heavy atom. The number of carbonyl (C=O) groups excluding carboxylic acids is 1. The maximum absolute atomic E-state index is 12.4. The fourth-order valence-electron chi connectivity index (χ4n) is 7.84. The number of hydrogen-bond acceptors (Lipinski definition) is 6. The molecule has 2 bridgehead atoms. The number of rotatable bonds is 11. The van der Waals surface area contributed by atoms with E-state index in [1.54, 1.807) is 0 Å². The number of hydrogen-bond donors (Lipinski definition) is 0. The number of methoxy groups -OCH3 is 1. The molecule has 224 valence electrons. The number of carbonyl (C=O) groups is 1. The molecule has 3 heterocycles. The van der Waals surface area contributed by atoms with Crippen LogP contribution in [0.25, 0.3) is 0 Å². The summed E-state index contributed by atoms with van der Waals surface area (Å²) >= 11 is 0. The minimum atomic E-state index is -2.15. The average molecular weight is 565 g/mol. The van der Waals surface area contributed by atoms with Gasteiger partial charge in [-0.15, -0.1) is 6.58 Å². The molecule has 0 aromatic rings. The Hall–Kier alpha value is -0.993. The lowest BCUT2D eigenvalue weighted by Gasteiger charge is -2.50. The van der Waals surface area contributed by atoms with Gasteiger partial charge in [0.15, 0.2) is 5.79 Å². The Balaban J connectivity index is 1.89. The molecule has 3 aliphatic heterocycles. The van der Waals surface area contributed by atoms with Crippen molar-refractivity contribution in [1.82, 2.24) is 0 Å². The van der Waals surface area contributed by atoms with E-state index < -0.39 is 14.1 Å². The van der Waals surface area contributed by atoms with Gasteiger partial charge in [-0.25, -0.2) is 0 Å². The summed E-state index contributed by atoms with van der Waals surface area (Å²) in [6, 6.07) is 0. The second-order valence-electron chi connectivity index (χ2n) is 14.0. The molecular weight excluding hydrogens is 508 g/mol. The maximum atomic E-state index is 12.4. The molecule has 0 spiro atoms. The summed E-state index contributed by atoms with van der Waals surface area (Å²) in [4.78, 5) is 12.4. The van der Waals surface area contributed by atoms with Crippen molar-refractivity contribution in [3.63, 3.8) is 0 Å². The van der Waals surface area contributed by atoms with Crippen LogP contribution in [0.4, 0.5) is 0 Å². The standard InChI is InChI=1S/C32H56O6Si/c1-14-28-31(11,12)29-16-23(9)32(36-28,37-29)22(8)15-25-17-27(24(10)26(35-25)18-30(33)34-13)38-39(19(2)3,20(4)5)21(6)7/h14,19-21,23-29H,1,8,15-18H2,2-7,9-13H3/t23-,24+,25-,26+,27+,28-,29+,32-/m1/s1. The minimum absolute atomic E-state index is 0.00984. The van der Waals surface area contributed by atoms with Crippen molar-refractivity contribution >= 4 is 14.3 Å². The second kappa shape index (κ2) is 12.1. The fraction of sp³-hybridized carbons (Fsp3) is 0.844. The van der Waals surface area contributed by atoms with Gasteiger partial charge >= 0.3 is 5.97 Å². The van der Waals surface area contributed by atoms with E-state index in [1.165, 1.54) is 7.11 Å². The Kier molecular flexibility index (Phi) is 10.1. The summed E-state index contributed by atoms with van der Waals surface area (Å²) < 4.78 is 32.3. The highest BCUT2D eigenvalue weighted by Gasteiger charge is 2.61. The molecule has 0 unspecified atom stereocenters. The van der Waals surface area contributed by atoms with Gasteiger partial charge in [0, 0.05) is 17.3 Å². The lowest BCUT2D eigenvalue weighted by Crippen LogP contribution is -2.56. The SMILES string of the molecule is C=C[C@H]1O[C@]2(C(=C)C[C@@H]3C[C@H](O[Si](C(C)C)(C(C)C)C(C)C)[C@@H](C)[C@H](CC(=O)OC)O3)O[C@@H](C[C@H]2C)C1(C)C. The van der Waals surface area contributed by atoms with Gasteiger partial charge in [-0.1, -0.05) is 81.9 Å². The number of esters is 1. The highest BCUT2D eigenvalue weighted by atomic mass is 28.4. The van der Waals surface area contributed by atoms with Crippen molar-refractivity contribution in [2.75, 3.05) is 7.11 Å². The van der Waals surface area contributed by atoms with Gasteiger partial charge in [0.25, 0.3) is 0 Å². The first kappa shape index (κ1) is 32.5. The van der Waals surface area contributed by atoms with Gasteiger partial charge in [-0.05, 0) is 41.5 Å². The zero-order valence-corrected chi connectivity index (χ0v) is 27.5. The third-order valence-corrected chi connectivity index (χ3v) is 16.4. The van der Waals surface area contributed by atoms with Crippen molar-refractivity contribution < 1.29 is 28.2 Å². The van der Waals surface area contributed by atoms with Crippen molar-refractivity contribution in [1.29, 1.82) is 0 Å². The molecule has 39 heavy (non-hydrogen) atoms. The summed E-state index contributed by atoms with van der Waals surface area (Å²) in [5, 5.41) is 0. The molecule has 3 saturated heterocycles. The van der Waals surface area contributed by atoms with Gasteiger partial charge in [-0.2, -0.15) is 0 Å². The summed E-state index contributed by atoms with van der Waals surface area (Å²) in [6.07, 6.45) is 3.87. The Labute approximate surface area is 239 Å². The van der Waals surface area contributed by atoms with Crippen molar-refractivity contribution in [3.05, 3.63) is 24.8 Å². The summed E-state index contributed by atoms with van der Waals surface area (Å²) in [5.74, 6) is -0.877. The van der Waals surface area contributed by atoms with Crippen LogP contribution in [-0.2, 0) is 28.2 Å². The Morgan fingerprint density at radius 3 is 2.13 bits per heavy atom. The molecule has 0 N–H and O–H groups in total. The lowest BCUT2D eigenvalue weighted by molar-refractivity contribution is -0.307. The number of fused-ring (bicyclic) bond motifs is 2. The first-order chi connectivity index (χ1) is 18.1. The summed E-state index contributed by atoms with van der Waals surface area (Å²) in [7, 11) is -0.713. The topological polar surface area (TPSA) is 63.2 Å². The van der Waals surface area contributed by atoms with Crippen LogP contribution in [0.1, 0.15) is 94.9 Å². The molecule has 0 radical (unpaired) electrons. The van der Waals surface area contributed by atoms with Crippen LogP contribution in [0.3, 0.4) is 0 Å². The second-order valence-corrected chi connectivity index (χ2v) is 19.4. The molecule has 0 saturated carbocycles. The van der Waals surface area contributed by atoms with E-state index in [9.17, 15) is 4.79 Å². The first-order valence-electron chi connectivity index (χ1n) is 15.1. The molecule has 7 heteroatoms. The Morgan fingerprint density at radius 2 is 1.62 bits per heavy atom. The molecule has 8 atom stereocenters. The van der Waals surface area contributed by atoms with Crippen molar-refractivity contribution in [2.45, 2.75) is 148 Å². The third kappa shape index (κ3) is 5.86. The maximum Gasteiger partial charge on any atom is 0.308 e. The predicted molar refractivity (Wildman–Crippen MR) is 159 cm³/mol. The van der Waals surface area contributed by atoms with Gasteiger partial charge in [-0.3, -0.25) is 4.79 Å². The minimum Gasteiger partial charge on any atom is -0.469 e. The van der Waals surface area contributed by atoms with Crippen LogP contribution in [0.15, 0.2) is 24.8 Å². The van der Waals surface area contributed by atoms with Gasteiger partial charge in [0.05, 0.1) is 44.1 Å². The normalized spacial score (nSPS) is 36.4. The summed E-state index contributed by atoms with van der Waals surface area (Å²) in [5.41, 5.74) is 2.15. The molecule has 3 fully saturated rings. The number of ether oxygens (including phenoxy) is 4. The van der Waals surface area contributed by atoms with Crippen LogP contribution >= 0.6 is 0 Å². The van der Waals surface area contributed by atoms with E-state index in [0.29, 0.717) is 23.0 Å². The first-order valence-corrected chi connectivity index (χ1v) is 17.3. The van der Waals surface area contributed by atoms with Gasteiger partial charge < -0.3 is 23.4 Å². The Bertz CT molecular complexity index is 875. The summed E-state index contributed by atoms with van der Waals surface area (Å²) in [6.45, 7) is 31.2. The highest BCUT2D eigenvalue weighted by Crippen LogP contribution is 2.55. The van der Waals surface area contributed by atoms with Crippen molar-refractivity contribution in [3.8, 4) is 0 Å². The van der Waals surface area contributed by atoms with Crippen LogP contribution in [0.5, 0.6) is 0 Å². The largest absolute Gasteiger partial charge is 0.469 e. The predicted octanol–water partition coefficient (Wildman–Crippen LogP) is 7.58. The van der Waals surface area contributed by atoms with E-state index in [2.05, 4.69) is 82.4 Å². The molecule has 0 aliphatic carbocycles. The van der Waals surface area contributed by atoms with E-state index in [1.807, 2.05) is 6.08 Å². The van der Waals surface area contributed by atoms with Crippen LogP contribution in [-0.4, -0.2) is 57.7 Å². The average Bonchev–Trinajstić information content (AvgIpc) is 3.16. The van der Waals surface area contributed by atoms with Crippen LogP contribution in [0, 0.1) is 17.3 Å². The monoisotopic (exact) mass is 564 g/mol. The molecule has 6 nitrogen and oxygen atoms in total. The van der Waals surface area contributed by atoms with Crippen molar-refractivity contribution in [2.24, 2.45) is 17.3 Å². The molecule has 0 amide bonds. The van der Waals surface area contributed by atoms with Crippen LogP contribution in [0.2, 0.25) is 16.6 Å². The zero-order chi connectivity index (χ0) is 29.5. The van der Waals surface area contributed by atoms with E-state index in [4.69, 9.17) is 23.4 Å². The lowest BCUT2D eigenvalue weighted by atomic mass is 9.79. The molecular formula is C32H56O6Si. The fourth-order valence-corrected chi connectivity index (χ4v) is 13.5. The molecule has 0 aromatic carbocycles. The van der Waals surface area contributed by atoms with E-state index in [0.717, 1.165) is 18.4 Å². The quantitative estimate of drug-likeness (QED) is 0.146.